The largest absolute Gasteiger partial charge is 0.451 e. The van der Waals surface area contributed by atoms with Crippen LogP contribution in [-0.2, 0) is 19.4 Å². The van der Waals surface area contributed by atoms with Gasteiger partial charge in [0.05, 0.1) is 4.90 Å². The highest BCUT2D eigenvalue weighted by Crippen LogP contribution is 2.17. The molecule has 0 aliphatic carbocycles. The summed E-state index contributed by atoms with van der Waals surface area (Å²) >= 11 is 0. The number of ether oxygens (including phenoxy) is 1. The number of anilines is 2. The molecule has 0 bridgehead atoms. The maximum absolute atomic E-state index is 12.0. The second-order valence-corrected chi connectivity index (χ2v) is 8.41. The first-order valence-electron chi connectivity index (χ1n) is 8.69. The van der Waals surface area contributed by atoms with E-state index in [2.05, 4.69) is 20.4 Å². The van der Waals surface area contributed by atoms with Gasteiger partial charge in [0, 0.05) is 25.0 Å². The number of rotatable bonds is 6. The van der Waals surface area contributed by atoms with Crippen molar-refractivity contribution in [1.82, 2.24) is 10.2 Å². The van der Waals surface area contributed by atoms with Gasteiger partial charge in [0.2, 0.25) is 0 Å². The number of amides is 1. The molecule has 0 radical (unpaired) electrons. The smallest absolute Gasteiger partial charge is 0.359 e. The number of nitrogens with one attached hydrogen (secondary N) is 1. The molecule has 28 heavy (non-hydrogen) atoms. The minimum absolute atomic E-state index is 0.0215. The van der Waals surface area contributed by atoms with Gasteiger partial charge in [-0.15, -0.1) is 10.2 Å². The number of aromatic nitrogens is 2. The summed E-state index contributed by atoms with van der Waals surface area (Å²) in [5.74, 6) is -0.588. The predicted octanol–water partition coefficient (Wildman–Crippen LogP) is 1.28. The van der Waals surface area contributed by atoms with Crippen molar-refractivity contribution in [2.24, 2.45) is 0 Å². The molecule has 1 aromatic heterocycles. The summed E-state index contributed by atoms with van der Waals surface area (Å²) in [5, 5.41) is 10.4. The maximum atomic E-state index is 12.0. The minimum atomic E-state index is -3.31. The molecule has 1 aromatic carbocycles. The molecule has 2 heterocycles. The Labute approximate surface area is 162 Å². The Morgan fingerprint density at radius 2 is 1.75 bits per heavy atom. The summed E-state index contributed by atoms with van der Waals surface area (Å²) < 4.78 is 27.8. The van der Waals surface area contributed by atoms with Crippen molar-refractivity contribution in [3.63, 3.8) is 0 Å². The van der Waals surface area contributed by atoms with E-state index in [1.165, 1.54) is 30.3 Å². The fraction of sp³-hybridized carbons (Fsp3) is 0.333. The van der Waals surface area contributed by atoms with Crippen LogP contribution in [0.4, 0.5) is 11.5 Å². The molecule has 0 saturated carbocycles. The van der Waals surface area contributed by atoms with E-state index in [4.69, 9.17) is 4.74 Å². The lowest BCUT2D eigenvalue weighted by Gasteiger charge is -2.15. The Hall–Kier alpha value is -3.01. The van der Waals surface area contributed by atoms with E-state index in [-0.39, 0.29) is 10.6 Å². The number of benzene rings is 1. The molecule has 1 amide bonds. The molecule has 1 saturated heterocycles. The zero-order valence-electron chi connectivity index (χ0n) is 15.3. The van der Waals surface area contributed by atoms with Crippen LogP contribution in [0.5, 0.6) is 0 Å². The molecule has 0 atom stereocenters. The number of sulfone groups is 1. The molecule has 0 unspecified atom stereocenters. The summed E-state index contributed by atoms with van der Waals surface area (Å²) in [7, 11) is -3.31. The highest BCUT2D eigenvalue weighted by molar-refractivity contribution is 7.90. The first kappa shape index (κ1) is 19.7. The Bertz CT molecular complexity index is 952. The second kappa shape index (κ2) is 8.34. The molecule has 1 aliphatic heterocycles. The average Bonchev–Trinajstić information content (AvgIpc) is 3.21. The van der Waals surface area contributed by atoms with Crippen LogP contribution in [-0.4, -0.2) is 56.4 Å². The quantitative estimate of drug-likeness (QED) is 0.715. The monoisotopic (exact) mass is 404 g/mol. The van der Waals surface area contributed by atoms with Crippen molar-refractivity contribution in [1.29, 1.82) is 0 Å². The van der Waals surface area contributed by atoms with Gasteiger partial charge in [-0.3, -0.25) is 4.79 Å². The predicted molar refractivity (Wildman–Crippen MR) is 102 cm³/mol. The van der Waals surface area contributed by atoms with Gasteiger partial charge in [0.15, 0.2) is 28.0 Å². The number of carbonyl (C=O) groups is 2. The average molecular weight is 404 g/mol. The summed E-state index contributed by atoms with van der Waals surface area (Å²) in [6.07, 6.45) is 3.32. The van der Waals surface area contributed by atoms with Crippen LogP contribution in [0, 0.1) is 0 Å². The van der Waals surface area contributed by atoms with Gasteiger partial charge in [-0.2, -0.15) is 0 Å². The number of carbonyl (C=O) groups excluding carboxylic acids is 2. The standard InChI is InChI=1S/C18H20N4O5S/c1-28(25,26)14-6-4-13(5-7-14)19-17(23)12-27-18(24)15-8-9-16(21-20-15)22-10-2-3-11-22/h4-9H,2-3,10-12H2,1H3,(H,19,23). The van der Waals surface area contributed by atoms with Gasteiger partial charge in [0.1, 0.15) is 0 Å². The minimum Gasteiger partial charge on any atom is -0.451 e. The molecule has 1 N–H and O–H groups in total. The highest BCUT2D eigenvalue weighted by Gasteiger charge is 2.17. The lowest BCUT2D eigenvalue weighted by Crippen LogP contribution is -2.22. The number of esters is 1. The molecule has 3 rings (SSSR count). The van der Waals surface area contributed by atoms with Crippen LogP contribution in [0.3, 0.4) is 0 Å². The molecule has 1 fully saturated rings. The van der Waals surface area contributed by atoms with Crippen molar-refractivity contribution >= 4 is 33.2 Å². The Morgan fingerprint density at radius 1 is 1.07 bits per heavy atom. The van der Waals surface area contributed by atoms with E-state index in [0.29, 0.717) is 11.5 Å². The van der Waals surface area contributed by atoms with Crippen molar-refractivity contribution in [3.05, 3.63) is 42.1 Å². The fourth-order valence-electron chi connectivity index (χ4n) is 2.74. The molecule has 1 aliphatic rings. The summed E-state index contributed by atoms with van der Waals surface area (Å²) in [5.41, 5.74) is 0.413. The van der Waals surface area contributed by atoms with Gasteiger partial charge in [-0.25, -0.2) is 13.2 Å². The fourth-order valence-corrected chi connectivity index (χ4v) is 3.37. The van der Waals surface area contributed by atoms with E-state index < -0.39 is 28.3 Å². The molecular formula is C18H20N4O5S. The van der Waals surface area contributed by atoms with Crippen LogP contribution in [0.1, 0.15) is 23.3 Å². The number of hydrogen-bond donors (Lipinski definition) is 1. The normalized spacial score (nSPS) is 14.0. The molecule has 0 spiro atoms. The van der Waals surface area contributed by atoms with E-state index in [1.807, 2.05) is 0 Å². The highest BCUT2D eigenvalue weighted by atomic mass is 32.2. The first-order valence-corrected chi connectivity index (χ1v) is 10.6. The summed E-state index contributed by atoms with van der Waals surface area (Å²) in [6, 6.07) is 8.91. The van der Waals surface area contributed by atoms with Crippen LogP contribution in [0.2, 0.25) is 0 Å². The third kappa shape index (κ3) is 5.03. The lowest BCUT2D eigenvalue weighted by molar-refractivity contribution is -0.119. The van der Waals surface area contributed by atoms with Crippen LogP contribution >= 0.6 is 0 Å². The van der Waals surface area contributed by atoms with E-state index in [1.54, 1.807) is 6.07 Å². The van der Waals surface area contributed by atoms with Gasteiger partial charge in [-0.05, 0) is 49.2 Å². The van der Waals surface area contributed by atoms with Crippen LogP contribution < -0.4 is 10.2 Å². The van der Waals surface area contributed by atoms with Crippen molar-refractivity contribution in [2.45, 2.75) is 17.7 Å². The number of nitrogens with zero attached hydrogens (tertiary/aromatic N) is 3. The Balaban J connectivity index is 1.50. The summed E-state index contributed by atoms with van der Waals surface area (Å²) in [6.45, 7) is 1.34. The Morgan fingerprint density at radius 3 is 2.32 bits per heavy atom. The lowest BCUT2D eigenvalue weighted by atomic mass is 10.3. The molecule has 10 heteroatoms. The van der Waals surface area contributed by atoms with Crippen LogP contribution in [0.25, 0.3) is 0 Å². The van der Waals surface area contributed by atoms with Crippen molar-refractivity contribution < 1.29 is 22.7 Å². The zero-order chi connectivity index (χ0) is 20.1. The van der Waals surface area contributed by atoms with Gasteiger partial charge >= 0.3 is 5.97 Å². The second-order valence-electron chi connectivity index (χ2n) is 6.39. The molecule has 2 aromatic rings. The maximum Gasteiger partial charge on any atom is 0.359 e. The van der Waals surface area contributed by atoms with Gasteiger partial charge in [-0.1, -0.05) is 0 Å². The SMILES string of the molecule is CS(=O)(=O)c1ccc(NC(=O)COC(=O)c2ccc(N3CCCC3)nn2)cc1. The third-order valence-electron chi connectivity index (χ3n) is 4.19. The molecule has 148 valence electrons. The Kier molecular flexibility index (Phi) is 5.88. The van der Waals surface area contributed by atoms with Crippen molar-refractivity contribution in [2.75, 3.05) is 36.2 Å². The van der Waals surface area contributed by atoms with E-state index >= 15 is 0 Å². The topological polar surface area (TPSA) is 119 Å². The van der Waals surface area contributed by atoms with Gasteiger partial charge in [0.25, 0.3) is 5.91 Å². The first-order chi connectivity index (χ1) is 13.3. The molecular weight excluding hydrogens is 384 g/mol. The molecule has 9 nitrogen and oxygen atoms in total. The third-order valence-corrected chi connectivity index (χ3v) is 5.32. The van der Waals surface area contributed by atoms with Crippen LogP contribution in [0.15, 0.2) is 41.3 Å². The van der Waals surface area contributed by atoms with E-state index in [9.17, 15) is 18.0 Å². The summed E-state index contributed by atoms with van der Waals surface area (Å²) in [4.78, 5) is 26.1. The zero-order valence-corrected chi connectivity index (χ0v) is 16.1. The van der Waals surface area contributed by atoms with E-state index in [0.717, 1.165) is 32.2 Å². The number of hydrogen-bond acceptors (Lipinski definition) is 8. The van der Waals surface area contributed by atoms with Crippen molar-refractivity contribution in [3.8, 4) is 0 Å². The van der Waals surface area contributed by atoms with Gasteiger partial charge < -0.3 is 15.0 Å².